The second-order valence-corrected chi connectivity index (χ2v) is 3.57. The molecule has 0 unspecified atom stereocenters. The third kappa shape index (κ3) is 3.65. The van der Waals surface area contributed by atoms with E-state index in [0.29, 0.717) is 0 Å². The maximum absolute atomic E-state index is 10.8. The van der Waals surface area contributed by atoms with Crippen LogP contribution >= 0.6 is 0 Å². The zero-order valence-corrected chi connectivity index (χ0v) is 9.83. The Morgan fingerprint density at radius 1 is 0.842 bits per heavy atom. The van der Waals surface area contributed by atoms with Gasteiger partial charge in [-0.2, -0.15) is 0 Å². The van der Waals surface area contributed by atoms with Gasteiger partial charge in [0.15, 0.2) is 5.97 Å². The first-order valence-electron chi connectivity index (χ1n) is 5.25. The highest BCUT2D eigenvalue weighted by atomic mass is 16.6. The van der Waals surface area contributed by atoms with Gasteiger partial charge >= 0.3 is 5.97 Å². The molecule has 0 aliphatic heterocycles. The van der Waals surface area contributed by atoms with Crippen molar-refractivity contribution in [2.24, 2.45) is 0 Å². The van der Waals surface area contributed by atoms with Crippen LogP contribution in [0.1, 0.15) is 0 Å². The van der Waals surface area contributed by atoms with Crippen LogP contribution in [-0.2, 0) is 9.59 Å². The van der Waals surface area contributed by atoms with Gasteiger partial charge < -0.3 is 20.1 Å². The van der Waals surface area contributed by atoms with Crippen LogP contribution in [0, 0.1) is 0 Å². The van der Waals surface area contributed by atoms with Crippen LogP contribution in [-0.4, -0.2) is 17.4 Å². The van der Waals surface area contributed by atoms with E-state index in [0.717, 1.165) is 11.1 Å². The van der Waals surface area contributed by atoms with E-state index >= 15 is 0 Å². The SMILES string of the molecule is O.O=C([O-])C(=O)Oc1ccc(-c2ccccc2)cc1. The molecule has 0 radical (unpaired) electrons. The highest BCUT2D eigenvalue weighted by Crippen LogP contribution is 2.21. The van der Waals surface area contributed by atoms with Crippen LogP contribution in [0.4, 0.5) is 0 Å². The van der Waals surface area contributed by atoms with E-state index in [1.807, 2.05) is 30.3 Å². The van der Waals surface area contributed by atoms with Gasteiger partial charge in [0.2, 0.25) is 0 Å². The van der Waals surface area contributed by atoms with Crippen molar-refractivity contribution in [1.29, 1.82) is 0 Å². The molecular weight excluding hydrogens is 248 g/mol. The van der Waals surface area contributed by atoms with Gasteiger partial charge in [-0.05, 0) is 23.3 Å². The molecule has 19 heavy (non-hydrogen) atoms. The van der Waals surface area contributed by atoms with Crippen LogP contribution in [0.2, 0.25) is 0 Å². The van der Waals surface area contributed by atoms with Crippen molar-refractivity contribution in [3.63, 3.8) is 0 Å². The number of esters is 1. The van der Waals surface area contributed by atoms with E-state index < -0.39 is 11.9 Å². The van der Waals surface area contributed by atoms with Gasteiger partial charge in [-0.15, -0.1) is 0 Å². The molecule has 0 atom stereocenters. The van der Waals surface area contributed by atoms with Gasteiger partial charge in [0.05, 0.1) is 0 Å². The van der Waals surface area contributed by atoms with Gasteiger partial charge in [-0.1, -0.05) is 42.5 Å². The summed E-state index contributed by atoms with van der Waals surface area (Å²) in [5.74, 6) is -3.09. The molecule has 5 heteroatoms. The van der Waals surface area contributed by atoms with Crippen LogP contribution in [0.25, 0.3) is 11.1 Å². The van der Waals surface area contributed by atoms with E-state index in [2.05, 4.69) is 4.74 Å². The molecule has 0 aliphatic rings. The van der Waals surface area contributed by atoms with Crippen molar-refractivity contribution >= 4 is 11.9 Å². The Bertz CT molecular complexity index is 560. The Hall–Kier alpha value is -2.66. The zero-order chi connectivity index (χ0) is 13.0. The first-order chi connectivity index (χ1) is 8.66. The zero-order valence-electron chi connectivity index (χ0n) is 9.83. The summed E-state index contributed by atoms with van der Waals surface area (Å²) >= 11 is 0. The lowest BCUT2D eigenvalue weighted by atomic mass is 10.1. The minimum absolute atomic E-state index is 0. The quantitative estimate of drug-likeness (QED) is 0.436. The molecule has 0 aromatic heterocycles. The molecular formula is C14H11O5-. The number of hydrogen-bond donors (Lipinski definition) is 0. The predicted octanol–water partition coefficient (Wildman–Crippen LogP) is 0.184. The summed E-state index contributed by atoms with van der Waals surface area (Å²) in [5, 5.41) is 10.2. The Kier molecular flexibility index (Phi) is 4.79. The summed E-state index contributed by atoms with van der Waals surface area (Å²) in [7, 11) is 0. The molecule has 98 valence electrons. The summed E-state index contributed by atoms with van der Waals surface area (Å²) in [5.41, 5.74) is 1.97. The molecule has 0 bridgehead atoms. The van der Waals surface area contributed by atoms with Gasteiger partial charge in [-0.25, -0.2) is 4.79 Å². The molecule has 0 saturated carbocycles. The van der Waals surface area contributed by atoms with Crippen molar-refractivity contribution in [2.75, 3.05) is 0 Å². The van der Waals surface area contributed by atoms with E-state index in [4.69, 9.17) is 0 Å². The molecule has 2 aromatic carbocycles. The molecule has 0 saturated heterocycles. The maximum atomic E-state index is 10.8. The topological polar surface area (TPSA) is 97.9 Å². The fourth-order valence-electron chi connectivity index (χ4n) is 1.49. The largest absolute Gasteiger partial charge is 0.539 e. The number of carboxylic acids is 1. The standard InChI is InChI=1S/C14H10O4.H2O/c15-13(16)14(17)18-12-8-6-11(7-9-12)10-4-2-1-3-5-10;/h1-9H,(H,15,16);1H2/p-1. The number of carboxylic acid groups (broad SMARTS) is 1. The lowest BCUT2D eigenvalue weighted by molar-refractivity contribution is -0.302. The molecule has 2 rings (SSSR count). The summed E-state index contributed by atoms with van der Waals surface area (Å²) in [4.78, 5) is 21.0. The van der Waals surface area contributed by atoms with Crippen molar-refractivity contribution in [1.82, 2.24) is 0 Å². The summed E-state index contributed by atoms with van der Waals surface area (Å²) in [6, 6.07) is 16.2. The number of carbonyl (C=O) groups is 2. The van der Waals surface area contributed by atoms with Gasteiger partial charge in [0.25, 0.3) is 0 Å². The fraction of sp³-hybridized carbons (Fsp3) is 0. The number of carbonyl (C=O) groups excluding carboxylic acids is 2. The monoisotopic (exact) mass is 259 g/mol. The molecule has 5 nitrogen and oxygen atoms in total. The van der Waals surface area contributed by atoms with E-state index in [-0.39, 0.29) is 11.2 Å². The normalized spacial score (nSPS) is 9.26. The third-order valence-electron chi connectivity index (χ3n) is 2.34. The number of hydrogen-bond acceptors (Lipinski definition) is 4. The predicted molar refractivity (Wildman–Crippen MR) is 66.1 cm³/mol. The van der Waals surface area contributed by atoms with E-state index in [1.54, 1.807) is 12.1 Å². The average molecular weight is 259 g/mol. The maximum Gasteiger partial charge on any atom is 0.359 e. The minimum atomic E-state index is -1.86. The molecule has 2 aromatic rings. The Labute approximate surface area is 109 Å². The van der Waals surface area contributed by atoms with Crippen molar-refractivity contribution in [2.45, 2.75) is 0 Å². The Morgan fingerprint density at radius 2 is 1.37 bits per heavy atom. The van der Waals surface area contributed by atoms with E-state index in [9.17, 15) is 14.7 Å². The molecule has 0 amide bonds. The first-order valence-corrected chi connectivity index (χ1v) is 5.25. The smallest absolute Gasteiger partial charge is 0.359 e. The molecule has 0 aliphatic carbocycles. The Balaban J connectivity index is 0.00000180. The fourth-order valence-corrected chi connectivity index (χ4v) is 1.49. The molecule has 0 spiro atoms. The van der Waals surface area contributed by atoms with Crippen LogP contribution < -0.4 is 9.84 Å². The number of rotatable bonds is 2. The highest BCUT2D eigenvalue weighted by Gasteiger charge is 2.05. The lowest BCUT2D eigenvalue weighted by Crippen LogP contribution is -2.34. The minimum Gasteiger partial charge on any atom is -0.539 e. The van der Waals surface area contributed by atoms with Crippen LogP contribution in [0.3, 0.4) is 0 Å². The van der Waals surface area contributed by atoms with Gasteiger partial charge in [0, 0.05) is 0 Å². The van der Waals surface area contributed by atoms with Gasteiger partial charge in [-0.3, -0.25) is 0 Å². The van der Waals surface area contributed by atoms with Crippen LogP contribution in [0.5, 0.6) is 5.75 Å². The molecule has 2 N–H and O–H groups in total. The van der Waals surface area contributed by atoms with Crippen molar-refractivity contribution in [3.05, 3.63) is 54.6 Å². The van der Waals surface area contributed by atoms with Crippen molar-refractivity contribution in [3.8, 4) is 16.9 Å². The highest BCUT2D eigenvalue weighted by molar-refractivity contribution is 6.28. The summed E-state index contributed by atoms with van der Waals surface area (Å²) in [6.07, 6.45) is 0. The second kappa shape index (κ2) is 6.32. The average Bonchev–Trinajstić information content (AvgIpc) is 2.40. The lowest BCUT2D eigenvalue weighted by Gasteiger charge is -2.06. The number of ether oxygens (including phenoxy) is 1. The molecule has 0 heterocycles. The Morgan fingerprint density at radius 3 is 1.89 bits per heavy atom. The van der Waals surface area contributed by atoms with Crippen molar-refractivity contribution < 1.29 is 24.9 Å². The van der Waals surface area contributed by atoms with Gasteiger partial charge in [0.1, 0.15) is 5.75 Å². The number of benzene rings is 2. The third-order valence-corrected chi connectivity index (χ3v) is 2.34. The number of aliphatic carboxylic acids is 1. The second-order valence-electron chi connectivity index (χ2n) is 3.57. The summed E-state index contributed by atoms with van der Waals surface area (Å²) < 4.78 is 4.57. The van der Waals surface area contributed by atoms with E-state index in [1.165, 1.54) is 12.1 Å². The van der Waals surface area contributed by atoms with Crippen LogP contribution in [0.15, 0.2) is 54.6 Å². The first kappa shape index (κ1) is 14.4. The molecule has 0 fully saturated rings. The summed E-state index contributed by atoms with van der Waals surface area (Å²) in [6.45, 7) is 0.